The summed E-state index contributed by atoms with van der Waals surface area (Å²) in [5.41, 5.74) is 1.71. The van der Waals surface area contributed by atoms with E-state index in [9.17, 15) is 4.79 Å². The fraction of sp³-hybridized carbons (Fsp3) is 0.400. The van der Waals surface area contributed by atoms with E-state index >= 15 is 0 Å². The number of nitrogens with zero attached hydrogens (tertiary/aromatic N) is 1. The molecule has 1 aliphatic heterocycles. The molecule has 3 rings (SSSR count). The van der Waals surface area contributed by atoms with Crippen LogP contribution in [0.15, 0.2) is 28.7 Å². The number of para-hydroxylation sites is 1. The lowest BCUT2D eigenvalue weighted by Gasteiger charge is -2.22. The van der Waals surface area contributed by atoms with Gasteiger partial charge >= 0.3 is 0 Å². The molecule has 1 aromatic carbocycles. The fourth-order valence-electron chi connectivity index (χ4n) is 2.67. The summed E-state index contributed by atoms with van der Waals surface area (Å²) in [5, 5.41) is 4.29. The lowest BCUT2D eigenvalue weighted by Crippen LogP contribution is -2.38. The van der Waals surface area contributed by atoms with Crippen molar-refractivity contribution in [2.45, 2.75) is 19.4 Å². The summed E-state index contributed by atoms with van der Waals surface area (Å²) in [7, 11) is 1.85. The molecule has 0 unspecified atom stereocenters. The number of hydrogen-bond donors (Lipinski definition) is 1. The molecule has 1 aliphatic rings. The van der Waals surface area contributed by atoms with Crippen molar-refractivity contribution < 1.29 is 9.21 Å². The second-order valence-corrected chi connectivity index (χ2v) is 5.12. The number of hydrogen-bond acceptors (Lipinski definition) is 3. The van der Waals surface area contributed by atoms with Crippen molar-refractivity contribution in [1.82, 2.24) is 10.2 Å². The SMILES string of the molecule is Cc1c(C(=O)N(C)[C@H]2CCNC2)oc2ccccc12. The Morgan fingerprint density at radius 1 is 1.42 bits per heavy atom. The van der Waals surface area contributed by atoms with Gasteiger partial charge in [0, 0.05) is 30.6 Å². The van der Waals surface area contributed by atoms with Crippen LogP contribution in [0, 0.1) is 6.92 Å². The van der Waals surface area contributed by atoms with Crippen molar-refractivity contribution in [3.8, 4) is 0 Å². The van der Waals surface area contributed by atoms with Crippen LogP contribution in [0.2, 0.25) is 0 Å². The molecule has 1 aromatic heterocycles. The maximum Gasteiger partial charge on any atom is 0.289 e. The minimum Gasteiger partial charge on any atom is -0.451 e. The Balaban J connectivity index is 1.94. The zero-order valence-corrected chi connectivity index (χ0v) is 11.3. The van der Waals surface area contributed by atoms with E-state index in [1.807, 2.05) is 38.2 Å². The smallest absolute Gasteiger partial charge is 0.289 e. The number of aryl methyl sites for hydroxylation is 1. The van der Waals surface area contributed by atoms with E-state index in [1.165, 1.54) is 0 Å². The predicted octanol–water partition coefficient (Wildman–Crippen LogP) is 2.18. The lowest BCUT2D eigenvalue weighted by molar-refractivity contribution is 0.0713. The average Bonchev–Trinajstić information content (AvgIpc) is 3.06. The molecule has 1 N–H and O–H groups in total. The van der Waals surface area contributed by atoms with Crippen molar-refractivity contribution in [2.24, 2.45) is 0 Å². The summed E-state index contributed by atoms with van der Waals surface area (Å²) in [5.74, 6) is 0.443. The molecule has 0 aliphatic carbocycles. The van der Waals surface area contributed by atoms with Gasteiger partial charge in [0.1, 0.15) is 5.58 Å². The van der Waals surface area contributed by atoms with Crippen LogP contribution < -0.4 is 5.32 Å². The van der Waals surface area contributed by atoms with Crippen LogP contribution in [0.4, 0.5) is 0 Å². The molecule has 4 nitrogen and oxygen atoms in total. The molecule has 4 heteroatoms. The quantitative estimate of drug-likeness (QED) is 0.898. The molecular weight excluding hydrogens is 240 g/mol. The summed E-state index contributed by atoms with van der Waals surface area (Å²) in [4.78, 5) is 14.3. The van der Waals surface area contributed by atoms with Gasteiger partial charge in [0.05, 0.1) is 0 Å². The Bertz CT molecular complexity index is 612. The standard InChI is InChI=1S/C15H18N2O2/c1-10-12-5-3-4-6-13(12)19-14(10)15(18)17(2)11-7-8-16-9-11/h3-6,11,16H,7-9H2,1-2H3/t11-/m0/s1. The minimum absolute atomic E-state index is 0.0256. The maximum atomic E-state index is 12.5. The highest BCUT2D eigenvalue weighted by Crippen LogP contribution is 2.26. The Morgan fingerprint density at radius 2 is 2.21 bits per heavy atom. The van der Waals surface area contributed by atoms with Crippen LogP contribution >= 0.6 is 0 Å². The van der Waals surface area contributed by atoms with Crippen molar-refractivity contribution >= 4 is 16.9 Å². The Kier molecular flexibility index (Phi) is 3.03. The number of carbonyl (C=O) groups excluding carboxylic acids is 1. The summed E-state index contributed by atoms with van der Waals surface area (Å²) in [6.45, 7) is 3.78. The third kappa shape index (κ3) is 2.02. The molecule has 0 bridgehead atoms. The summed E-state index contributed by atoms with van der Waals surface area (Å²) in [6, 6.07) is 8.03. The highest BCUT2D eigenvalue weighted by molar-refractivity contribution is 5.98. The fourth-order valence-corrected chi connectivity index (χ4v) is 2.67. The van der Waals surface area contributed by atoms with Gasteiger partial charge in [-0.25, -0.2) is 0 Å². The van der Waals surface area contributed by atoms with Crippen LogP contribution in [-0.2, 0) is 0 Å². The molecule has 1 amide bonds. The molecule has 1 fully saturated rings. The van der Waals surface area contributed by atoms with E-state index in [-0.39, 0.29) is 11.9 Å². The van der Waals surface area contributed by atoms with Crippen LogP contribution in [-0.4, -0.2) is 37.0 Å². The third-order valence-electron chi connectivity index (χ3n) is 3.94. The van der Waals surface area contributed by atoms with Gasteiger partial charge in [-0.15, -0.1) is 0 Å². The number of amides is 1. The van der Waals surface area contributed by atoms with Gasteiger partial charge in [0.15, 0.2) is 5.76 Å². The first-order chi connectivity index (χ1) is 9.18. The van der Waals surface area contributed by atoms with Crippen molar-refractivity contribution in [1.29, 1.82) is 0 Å². The monoisotopic (exact) mass is 258 g/mol. The highest BCUT2D eigenvalue weighted by Gasteiger charge is 2.27. The average molecular weight is 258 g/mol. The van der Waals surface area contributed by atoms with Gasteiger partial charge < -0.3 is 14.6 Å². The lowest BCUT2D eigenvalue weighted by atomic mass is 10.1. The Labute approximate surface area is 112 Å². The normalized spacial score (nSPS) is 18.9. The number of likely N-dealkylation sites (N-methyl/N-ethyl adjacent to an activating group) is 1. The first-order valence-corrected chi connectivity index (χ1v) is 6.64. The Hall–Kier alpha value is -1.81. The predicted molar refractivity (Wildman–Crippen MR) is 74.3 cm³/mol. The van der Waals surface area contributed by atoms with Crippen LogP contribution in [0.3, 0.4) is 0 Å². The molecule has 1 saturated heterocycles. The van der Waals surface area contributed by atoms with E-state index in [0.717, 1.165) is 36.0 Å². The molecule has 2 heterocycles. The van der Waals surface area contributed by atoms with Crippen LogP contribution in [0.1, 0.15) is 22.5 Å². The molecule has 1 atom stereocenters. The van der Waals surface area contributed by atoms with E-state index in [0.29, 0.717) is 5.76 Å². The number of rotatable bonds is 2. The van der Waals surface area contributed by atoms with Gasteiger partial charge in [-0.2, -0.15) is 0 Å². The van der Waals surface area contributed by atoms with E-state index < -0.39 is 0 Å². The maximum absolute atomic E-state index is 12.5. The molecular formula is C15H18N2O2. The van der Waals surface area contributed by atoms with Gasteiger partial charge in [-0.05, 0) is 26.0 Å². The molecule has 0 spiro atoms. The zero-order valence-electron chi connectivity index (χ0n) is 11.3. The topological polar surface area (TPSA) is 45.5 Å². The van der Waals surface area contributed by atoms with Crippen LogP contribution in [0.25, 0.3) is 11.0 Å². The highest BCUT2D eigenvalue weighted by atomic mass is 16.3. The summed E-state index contributed by atoms with van der Waals surface area (Å²) < 4.78 is 5.73. The number of fused-ring (bicyclic) bond motifs is 1. The first-order valence-electron chi connectivity index (χ1n) is 6.64. The number of furan rings is 1. The summed E-state index contributed by atoms with van der Waals surface area (Å²) >= 11 is 0. The number of benzene rings is 1. The third-order valence-corrected chi connectivity index (χ3v) is 3.94. The van der Waals surface area contributed by atoms with Crippen molar-refractivity contribution in [3.63, 3.8) is 0 Å². The van der Waals surface area contributed by atoms with Crippen molar-refractivity contribution in [2.75, 3.05) is 20.1 Å². The van der Waals surface area contributed by atoms with E-state index in [4.69, 9.17) is 4.42 Å². The molecule has 2 aromatic rings. The molecule has 0 radical (unpaired) electrons. The molecule has 0 saturated carbocycles. The minimum atomic E-state index is -0.0256. The van der Waals surface area contributed by atoms with Gasteiger partial charge in [0.2, 0.25) is 0 Å². The van der Waals surface area contributed by atoms with Gasteiger partial charge in [-0.3, -0.25) is 4.79 Å². The van der Waals surface area contributed by atoms with Gasteiger partial charge in [-0.1, -0.05) is 18.2 Å². The van der Waals surface area contributed by atoms with E-state index in [1.54, 1.807) is 4.90 Å². The van der Waals surface area contributed by atoms with E-state index in [2.05, 4.69) is 5.32 Å². The van der Waals surface area contributed by atoms with Crippen LogP contribution in [0.5, 0.6) is 0 Å². The second kappa shape index (κ2) is 4.70. The largest absolute Gasteiger partial charge is 0.451 e. The zero-order chi connectivity index (χ0) is 13.4. The first kappa shape index (κ1) is 12.2. The number of carbonyl (C=O) groups is 1. The molecule has 100 valence electrons. The number of nitrogens with one attached hydrogen (secondary N) is 1. The Morgan fingerprint density at radius 3 is 2.89 bits per heavy atom. The summed E-state index contributed by atoms with van der Waals surface area (Å²) in [6.07, 6.45) is 1.00. The second-order valence-electron chi connectivity index (χ2n) is 5.12. The van der Waals surface area contributed by atoms with Gasteiger partial charge in [0.25, 0.3) is 5.91 Å². The molecule has 19 heavy (non-hydrogen) atoms. The van der Waals surface area contributed by atoms with Crippen molar-refractivity contribution in [3.05, 3.63) is 35.6 Å².